The largest absolute Gasteiger partial charge is 0.479 e. The molecule has 13 heavy (non-hydrogen) atoms. The van der Waals surface area contributed by atoms with Crippen molar-refractivity contribution in [1.29, 1.82) is 5.26 Å². The van der Waals surface area contributed by atoms with Gasteiger partial charge in [0.25, 0.3) is 0 Å². The van der Waals surface area contributed by atoms with Crippen molar-refractivity contribution in [2.45, 2.75) is 5.03 Å². The molecule has 68 valence electrons. The van der Waals surface area contributed by atoms with Crippen LogP contribution in [-0.2, 0) is 0 Å². The van der Waals surface area contributed by atoms with Gasteiger partial charge in [0, 0.05) is 0 Å². The average Bonchev–Trinajstić information content (AvgIpc) is 2.16. The Morgan fingerprint density at radius 1 is 1.69 bits per heavy atom. The van der Waals surface area contributed by atoms with Crippen molar-refractivity contribution in [3.63, 3.8) is 0 Å². The number of nitrogens with two attached hydrogens (primary N) is 1. The van der Waals surface area contributed by atoms with E-state index >= 15 is 0 Å². The summed E-state index contributed by atoms with van der Waals surface area (Å²) in [6, 6.07) is 1.99. The Morgan fingerprint density at radius 2 is 2.46 bits per heavy atom. The molecule has 0 saturated carbocycles. The van der Waals surface area contributed by atoms with Crippen LogP contribution in [0.2, 0.25) is 0 Å². The molecular weight excluding hydrogens is 188 g/mol. The molecule has 0 aliphatic heterocycles. The summed E-state index contributed by atoms with van der Waals surface area (Å²) in [7, 11) is 1.48. The highest BCUT2D eigenvalue weighted by molar-refractivity contribution is 7.99. The minimum absolute atomic E-state index is 0.310. The number of hydrogen-bond acceptors (Lipinski definition) is 6. The first-order chi connectivity index (χ1) is 6.29. The Hall–Kier alpha value is -1.48. The van der Waals surface area contributed by atoms with E-state index in [2.05, 4.69) is 9.97 Å². The number of hydrogen-bond donors (Lipinski definition) is 1. The standard InChI is InChI=1S/C7H8N4OS/c1-12-6-5(9)7(11-4-10-6)13-3-2-8/h4H,3,9H2,1H3. The van der Waals surface area contributed by atoms with Gasteiger partial charge in [-0.1, -0.05) is 11.8 Å². The van der Waals surface area contributed by atoms with Crippen LogP contribution in [-0.4, -0.2) is 22.8 Å². The highest BCUT2D eigenvalue weighted by Crippen LogP contribution is 2.27. The van der Waals surface area contributed by atoms with Gasteiger partial charge in [0.2, 0.25) is 5.88 Å². The lowest BCUT2D eigenvalue weighted by Crippen LogP contribution is -1.99. The minimum Gasteiger partial charge on any atom is -0.479 e. The molecule has 0 radical (unpaired) electrons. The molecule has 1 rings (SSSR count). The molecule has 1 aromatic heterocycles. The van der Waals surface area contributed by atoms with Crippen molar-refractivity contribution in [2.75, 3.05) is 18.6 Å². The summed E-state index contributed by atoms with van der Waals surface area (Å²) in [5.41, 5.74) is 6.03. The summed E-state index contributed by atoms with van der Waals surface area (Å²) in [5.74, 6) is 0.653. The molecule has 0 amide bonds. The molecule has 1 aromatic rings. The summed E-state index contributed by atoms with van der Waals surface area (Å²) in [5, 5.41) is 8.94. The van der Waals surface area contributed by atoms with Crippen LogP contribution in [0.5, 0.6) is 5.88 Å². The van der Waals surface area contributed by atoms with E-state index in [1.807, 2.05) is 6.07 Å². The molecule has 0 atom stereocenters. The van der Waals surface area contributed by atoms with Crippen molar-refractivity contribution in [3.05, 3.63) is 6.33 Å². The number of anilines is 1. The quantitative estimate of drug-likeness (QED) is 0.565. The normalized spacial score (nSPS) is 9.23. The fourth-order valence-electron chi connectivity index (χ4n) is 0.743. The highest BCUT2D eigenvalue weighted by Gasteiger charge is 2.07. The monoisotopic (exact) mass is 196 g/mol. The van der Waals surface area contributed by atoms with Crippen molar-refractivity contribution in [2.24, 2.45) is 0 Å². The smallest absolute Gasteiger partial charge is 0.241 e. The fraction of sp³-hybridized carbons (Fsp3) is 0.286. The van der Waals surface area contributed by atoms with Crippen LogP contribution in [0.1, 0.15) is 0 Å². The van der Waals surface area contributed by atoms with Crippen LogP contribution < -0.4 is 10.5 Å². The molecular formula is C7H8N4OS. The average molecular weight is 196 g/mol. The maximum Gasteiger partial charge on any atom is 0.241 e. The molecule has 0 aromatic carbocycles. The maximum atomic E-state index is 8.36. The molecule has 5 nitrogen and oxygen atoms in total. The van der Waals surface area contributed by atoms with E-state index in [0.29, 0.717) is 22.3 Å². The Morgan fingerprint density at radius 3 is 3.08 bits per heavy atom. The molecule has 2 N–H and O–H groups in total. The molecule has 0 spiro atoms. The first-order valence-electron chi connectivity index (χ1n) is 3.43. The van der Waals surface area contributed by atoms with E-state index in [9.17, 15) is 0 Å². The van der Waals surface area contributed by atoms with E-state index in [-0.39, 0.29) is 0 Å². The predicted octanol–water partition coefficient (Wildman–Crippen LogP) is 0.683. The van der Waals surface area contributed by atoms with Crippen LogP contribution in [0.4, 0.5) is 5.69 Å². The van der Waals surface area contributed by atoms with Crippen LogP contribution in [0.3, 0.4) is 0 Å². The van der Waals surface area contributed by atoms with E-state index in [1.54, 1.807) is 0 Å². The van der Waals surface area contributed by atoms with Crippen LogP contribution in [0.15, 0.2) is 11.4 Å². The molecule has 1 heterocycles. The molecule has 0 bridgehead atoms. The SMILES string of the molecule is COc1ncnc(SCC#N)c1N. The Kier molecular flexibility index (Phi) is 3.34. The number of nitrogen functional groups attached to an aromatic ring is 1. The van der Waals surface area contributed by atoms with Crippen molar-refractivity contribution in [3.8, 4) is 11.9 Å². The predicted molar refractivity (Wildman–Crippen MR) is 49.3 cm³/mol. The lowest BCUT2D eigenvalue weighted by Gasteiger charge is -2.04. The third-order valence-electron chi connectivity index (χ3n) is 1.28. The second-order valence-corrected chi connectivity index (χ2v) is 3.01. The Balaban J connectivity index is 2.89. The van der Waals surface area contributed by atoms with Crippen LogP contribution >= 0.6 is 11.8 Å². The summed E-state index contributed by atoms with van der Waals surface area (Å²) >= 11 is 1.26. The minimum atomic E-state index is 0.310. The van der Waals surface area contributed by atoms with Gasteiger partial charge in [0.15, 0.2) is 0 Å². The van der Waals surface area contributed by atoms with Gasteiger partial charge in [0.05, 0.1) is 18.9 Å². The summed E-state index contributed by atoms with van der Waals surface area (Å²) in [6.45, 7) is 0. The van der Waals surface area contributed by atoms with Gasteiger partial charge in [-0.05, 0) is 0 Å². The zero-order chi connectivity index (χ0) is 9.68. The highest BCUT2D eigenvalue weighted by atomic mass is 32.2. The number of thioether (sulfide) groups is 1. The lowest BCUT2D eigenvalue weighted by atomic mass is 10.5. The second kappa shape index (κ2) is 4.52. The van der Waals surface area contributed by atoms with Crippen LogP contribution in [0.25, 0.3) is 0 Å². The third-order valence-corrected chi connectivity index (χ3v) is 2.15. The zero-order valence-electron chi connectivity index (χ0n) is 7.02. The number of aromatic nitrogens is 2. The van der Waals surface area contributed by atoms with Gasteiger partial charge in [-0.2, -0.15) is 10.2 Å². The van der Waals surface area contributed by atoms with Crippen molar-refractivity contribution < 1.29 is 4.74 Å². The van der Waals surface area contributed by atoms with Gasteiger partial charge in [-0.15, -0.1) is 0 Å². The fourth-order valence-corrected chi connectivity index (χ4v) is 1.31. The van der Waals surface area contributed by atoms with E-state index in [4.69, 9.17) is 15.7 Å². The lowest BCUT2D eigenvalue weighted by molar-refractivity contribution is 0.397. The Bertz CT molecular complexity index is 336. The van der Waals surface area contributed by atoms with Crippen LogP contribution in [0, 0.1) is 11.3 Å². The first kappa shape index (κ1) is 9.61. The topological polar surface area (TPSA) is 84.8 Å². The van der Waals surface area contributed by atoms with Gasteiger partial charge < -0.3 is 10.5 Å². The van der Waals surface area contributed by atoms with Gasteiger partial charge >= 0.3 is 0 Å². The number of ether oxygens (including phenoxy) is 1. The first-order valence-corrected chi connectivity index (χ1v) is 4.42. The number of nitriles is 1. The molecule has 0 aliphatic rings. The maximum absolute atomic E-state index is 8.36. The number of rotatable bonds is 3. The summed E-state index contributed by atoms with van der Waals surface area (Å²) in [4.78, 5) is 7.73. The third kappa shape index (κ3) is 2.23. The van der Waals surface area contributed by atoms with E-state index in [0.717, 1.165) is 0 Å². The molecule has 0 saturated heterocycles. The van der Waals surface area contributed by atoms with E-state index < -0.39 is 0 Å². The van der Waals surface area contributed by atoms with Gasteiger partial charge in [-0.3, -0.25) is 0 Å². The van der Waals surface area contributed by atoms with Gasteiger partial charge in [-0.25, -0.2) is 4.98 Å². The zero-order valence-corrected chi connectivity index (χ0v) is 7.84. The number of nitrogens with zero attached hydrogens (tertiary/aromatic N) is 3. The Labute approximate surface area is 79.9 Å². The summed E-state index contributed by atoms with van der Waals surface area (Å²) < 4.78 is 4.89. The molecule has 6 heteroatoms. The van der Waals surface area contributed by atoms with Crippen molar-refractivity contribution >= 4 is 17.4 Å². The van der Waals surface area contributed by atoms with E-state index in [1.165, 1.54) is 25.2 Å². The molecule has 0 unspecified atom stereocenters. The second-order valence-electron chi connectivity index (χ2n) is 2.05. The van der Waals surface area contributed by atoms with Crippen molar-refractivity contribution in [1.82, 2.24) is 9.97 Å². The van der Waals surface area contributed by atoms with Gasteiger partial charge in [0.1, 0.15) is 17.0 Å². The molecule has 0 aliphatic carbocycles. The summed E-state index contributed by atoms with van der Waals surface area (Å²) in [6.07, 6.45) is 1.36. The number of methoxy groups -OCH3 is 1. The molecule has 0 fully saturated rings.